The molecule has 9 nitrogen and oxygen atoms in total. The third kappa shape index (κ3) is 5.09. The highest BCUT2D eigenvalue weighted by Crippen LogP contribution is 2.25. The molecule has 34 heavy (non-hydrogen) atoms. The second-order valence-corrected chi connectivity index (χ2v) is 9.44. The second kappa shape index (κ2) is 9.64. The van der Waals surface area contributed by atoms with Crippen molar-refractivity contribution in [1.29, 1.82) is 0 Å². The molecule has 11 heteroatoms. The average Bonchev–Trinajstić information content (AvgIpc) is 3.36. The zero-order valence-electron chi connectivity index (χ0n) is 17.8. The van der Waals surface area contributed by atoms with Crippen LogP contribution < -0.4 is 15.6 Å². The first-order valence-corrected chi connectivity index (χ1v) is 11.9. The van der Waals surface area contributed by atoms with Crippen molar-refractivity contribution in [3.63, 3.8) is 0 Å². The molecule has 3 N–H and O–H groups in total. The van der Waals surface area contributed by atoms with Gasteiger partial charge in [-0.05, 0) is 55.5 Å². The Balaban J connectivity index is 1.48. The summed E-state index contributed by atoms with van der Waals surface area (Å²) >= 11 is 5.79. The molecular weight excluding hydrogens is 480 g/mol. The van der Waals surface area contributed by atoms with Gasteiger partial charge < -0.3 is 4.42 Å². The Bertz CT molecular complexity index is 1450. The van der Waals surface area contributed by atoms with Crippen LogP contribution in [0.5, 0.6) is 0 Å². The minimum absolute atomic E-state index is 0.0469. The normalized spacial score (nSPS) is 12.3. The standard InChI is InChI=1S/C23H19ClN4O5S/c1-14(28-34(31,32)16-10-8-15(24)9-11-16)22(29)26-27-23(30)18-13-20(21-7-4-12-33-21)25-19-6-3-2-5-17(18)19/h2-14,28H,1H3,(H,26,29)(H,27,30). The number of amides is 2. The maximum atomic E-state index is 12.9. The Morgan fingerprint density at radius 3 is 2.44 bits per heavy atom. The number of nitrogens with one attached hydrogen (secondary N) is 3. The first kappa shape index (κ1) is 23.4. The molecule has 1 unspecified atom stereocenters. The van der Waals surface area contributed by atoms with Gasteiger partial charge in [0.2, 0.25) is 10.0 Å². The van der Waals surface area contributed by atoms with Crippen molar-refractivity contribution in [2.75, 3.05) is 0 Å². The van der Waals surface area contributed by atoms with E-state index < -0.39 is 27.9 Å². The van der Waals surface area contributed by atoms with E-state index in [0.717, 1.165) is 0 Å². The Morgan fingerprint density at radius 1 is 1.00 bits per heavy atom. The molecular formula is C23H19ClN4O5S. The minimum atomic E-state index is -3.97. The molecule has 2 aromatic carbocycles. The van der Waals surface area contributed by atoms with Crippen molar-refractivity contribution in [3.05, 3.63) is 83.6 Å². The van der Waals surface area contributed by atoms with E-state index in [4.69, 9.17) is 16.0 Å². The lowest BCUT2D eigenvalue weighted by atomic mass is 10.1. The van der Waals surface area contributed by atoms with E-state index in [-0.39, 0.29) is 10.5 Å². The molecule has 4 rings (SSSR count). The van der Waals surface area contributed by atoms with Crippen LogP contribution in [0.3, 0.4) is 0 Å². The highest BCUT2D eigenvalue weighted by atomic mass is 35.5. The number of halogens is 1. The number of furan rings is 1. The zero-order valence-corrected chi connectivity index (χ0v) is 19.4. The van der Waals surface area contributed by atoms with Gasteiger partial charge >= 0.3 is 0 Å². The van der Waals surface area contributed by atoms with Gasteiger partial charge in [0.15, 0.2) is 5.76 Å². The molecule has 2 amide bonds. The van der Waals surface area contributed by atoms with E-state index in [2.05, 4.69) is 20.6 Å². The zero-order chi connectivity index (χ0) is 24.3. The molecule has 0 spiro atoms. The summed E-state index contributed by atoms with van der Waals surface area (Å²) in [5.74, 6) is -0.878. The molecule has 0 aliphatic carbocycles. The van der Waals surface area contributed by atoms with E-state index in [9.17, 15) is 18.0 Å². The first-order valence-electron chi connectivity index (χ1n) is 10.1. The van der Waals surface area contributed by atoms with Crippen LogP contribution in [0.25, 0.3) is 22.4 Å². The van der Waals surface area contributed by atoms with Gasteiger partial charge in [-0.1, -0.05) is 29.8 Å². The highest BCUT2D eigenvalue weighted by molar-refractivity contribution is 7.89. The monoisotopic (exact) mass is 498 g/mol. The SMILES string of the molecule is CC(NS(=O)(=O)c1ccc(Cl)cc1)C(=O)NNC(=O)c1cc(-c2ccco2)nc2ccccc12. The van der Waals surface area contributed by atoms with E-state index in [1.807, 2.05) is 0 Å². The van der Waals surface area contributed by atoms with Crippen molar-refractivity contribution in [2.24, 2.45) is 0 Å². The quantitative estimate of drug-likeness (QED) is 0.350. The average molecular weight is 499 g/mol. The summed E-state index contributed by atoms with van der Waals surface area (Å²) in [6.45, 7) is 1.35. The van der Waals surface area contributed by atoms with Gasteiger partial charge in [-0.2, -0.15) is 4.72 Å². The molecule has 0 aliphatic heterocycles. The van der Waals surface area contributed by atoms with Crippen LogP contribution in [0.4, 0.5) is 0 Å². The lowest BCUT2D eigenvalue weighted by Crippen LogP contribution is -2.51. The largest absolute Gasteiger partial charge is 0.463 e. The number of pyridine rings is 1. The smallest absolute Gasteiger partial charge is 0.270 e. The van der Waals surface area contributed by atoms with Crippen molar-refractivity contribution < 1.29 is 22.4 Å². The molecule has 0 saturated heterocycles. The molecule has 174 valence electrons. The molecule has 2 heterocycles. The number of para-hydroxylation sites is 1. The van der Waals surface area contributed by atoms with Crippen LogP contribution in [-0.2, 0) is 14.8 Å². The lowest BCUT2D eigenvalue weighted by molar-refractivity contribution is -0.123. The summed E-state index contributed by atoms with van der Waals surface area (Å²) in [6, 6.07) is 16.3. The molecule has 0 saturated carbocycles. The summed E-state index contributed by atoms with van der Waals surface area (Å²) in [5.41, 5.74) is 5.85. The van der Waals surface area contributed by atoms with Gasteiger partial charge in [-0.3, -0.25) is 20.4 Å². The Morgan fingerprint density at radius 2 is 1.74 bits per heavy atom. The number of hydrazine groups is 1. The topological polar surface area (TPSA) is 130 Å². The molecule has 2 aromatic heterocycles. The van der Waals surface area contributed by atoms with Crippen molar-refractivity contribution in [2.45, 2.75) is 17.9 Å². The maximum Gasteiger partial charge on any atom is 0.270 e. The number of hydrogen-bond donors (Lipinski definition) is 3. The number of rotatable bonds is 6. The number of carbonyl (C=O) groups excluding carboxylic acids is 2. The van der Waals surface area contributed by atoms with Crippen molar-refractivity contribution in [1.82, 2.24) is 20.6 Å². The van der Waals surface area contributed by atoms with Gasteiger partial charge in [-0.25, -0.2) is 13.4 Å². The lowest BCUT2D eigenvalue weighted by Gasteiger charge is -2.15. The third-order valence-electron chi connectivity index (χ3n) is 4.88. The summed E-state index contributed by atoms with van der Waals surface area (Å²) in [7, 11) is -3.97. The van der Waals surface area contributed by atoms with E-state index >= 15 is 0 Å². The van der Waals surface area contributed by atoms with Crippen LogP contribution in [-0.4, -0.2) is 31.3 Å². The van der Waals surface area contributed by atoms with Crippen molar-refractivity contribution >= 4 is 44.3 Å². The van der Waals surface area contributed by atoms with Crippen LogP contribution in [0.1, 0.15) is 17.3 Å². The second-order valence-electron chi connectivity index (χ2n) is 7.29. The van der Waals surface area contributed by atoms with Gasteiger partial charge in [0.05, 0.1) is 28.3 Å². The summed E-state index contributed by atoms with van der Waals surface area (Å²) in [4.78, 5) is 29.8. The molecule has 0 fully saturated rings. The van der Waals surface area contributed by atoms with Gasteiger partial charge in [0.25, 0.3) is 11.8 Å². The fourth-order valence-corrected chi connectivity index (χ4v) is 4.50. The van der Waals surface area contributed by atoms with Crippen LogP contribution in [0.2, 0.25) is 5.02 Å². The Kier molecular flexibility index (Phi) is 6.64. The van der Waals surface area contributed by atoms with Crippen LogP contribution in [0.15, 0.2) is 82.3 Å². The van der Waals surface area contributed by atoms with E-state index in [1.54, 1.807) is 42.5 Å². The number of sulfonamides is 1. The number of aromatic nitrogens is 1. The molecule has 1 atom stereocenters. The first-order chi connectivity index (χ1) is 16.2. The summed E-state index contributed by atoms with van der Waals surface area (Å²) in [5, 5.41) is 0.951. The van der Waals surface area contributed by atoms with Gasteiger partial charge in [0.1, 0.15) is 5.69 Å². The number of carbonyl (C=O) groups is 2. The summed E-state index contributed by atoms with van der Waals surface area (Å²) in [6.07, 6.45) is 1.50. The fourth-order valence-electron chi connectivity index (χ4n) is 3.18. The van der Waals surface area contributed by atoms with Crippen LogP contribution >= 0.6 is 11.6 Å². The van der Waals surface area contributed by atoms with Gasteiger partial charge in [-0.15, -0.1) is 0 Å². The molecule has 4 aromatic rings. The predicted octanol–water partition coefficient (Wildman–Crippen LogP) is 3.28. The fraction of sp³-hybridized carbons (Fsp3) is 0.0870. The number of hydrogen-bond acceptors (Lipinski definition) is 6. The van der Waals surface area contributed by atoms with Crippen molar-refractivity contribution in [3.8, 4) is 11.5 Å². The number of benzene rings is 2. The van der Waals surface area contributed by atoms with Gasteiger partial charge in [0, 0.05) is 10.4 Å². The summed E-state index contributed by atoms with van der Waals surface area (Å²) < 4.78 is 32.6. The molecule has 0 radical (unpaired) electrons. The van der Waals surface area contributed by atoms with E-state index in [0.29, 0.717) is 27.4 Å². The third-order valence-corrected chi connectivity index (χ3v) is 6.69. The molecule has 0 aliphatic rings. The minimum Gasteiger partial charge on any atom is -0.463 e. The van der Waals surface area contributed by atoms with E-state index in [1.165, 1.54) is 37.5 Å². The highest BCUT2D eigenvalue weighted by Gasteiger charge is 2.23. The Labute approximate surface area is 200 Å². The molecule has 0 bridgehead atoms. The number of nitrogens with zero attached hydrogens (tertiary/aromatic N) is 1. The predicted molar refractivity (Wildman–Crippen MR) is 126 cm³/mol. The van der Waals surface area contributed by atoms with Crippen LogP contribution in [0, 0.1) is 0 Å². The Hall–Kier alpha value is -3.73. The number of fused-ring (bicyclic) bond motifs is 1. The maximum absolute atomic E-state index is 12.9.